The third-order valence-electron chi connectivity index (χ3n) is 2.05. The molecule has 0 rings (SSSR count). The van der Waals surface area contributed by atoms with E-state index in [1.807, 2.05) is 13.8 Å². The summed E-state index contributed by atoms with van der Waals surface area (Å²) in [6.45, 7) is 6.67. The van der Waals surface area contributed by atoms with Gasteiger partial charge in [-0.15, -0.1) is 0 Å². The van der Waals surface area contributed by atoms with E-state index in [1.165, 1.54) is 6.92 Å². The van der Waals surface area contributed by atoms with E-state index in [2.05, 4.69) is 5.32 Å². The van der Waals surface area contributed by atoms with Gasteiger partial charge in [0, 0.05) is 13.1 Å². The van der Waals surface area contributed by atoms with E-state index in [-0.39, 0.29) is 12.5 Å². The first-order valence-electron chi connectivity index (χ1n) is 4.76. The molecule has 1 atom stereocenters. The molecule has 82 valence electrons. The fraction of sp³-hybridized carbons (Fsp3) is 0.778. The largest absolute Gasteiger partial charge is 0.480 e. The predicted octanol–water partition coefficient (Wildman–Crippen LogP) is -0.0825. The molecular formula is C9H18N2O3. The summed E-state index contributed by atoms with van der Waals surface area (Å²) >= 11 is 0. The van der Waals surface area contributed by atoms with Crippen LogP contribution in [0.3, 0.4) is 0 Å². The van der Waals surface area contributed by atoms with E-state index in [0.29, 0.717) is 13.1 Å². The van der Waals surface area contributed by atoms with Crippen molar-refractivity contribution in [3.8, 4) is 0 Å². The van der Waals surface area contributed by atoms with Gasteiger partial charge < -0.3 is 10.0 Å². The van der Waals surface area contributed by atoms with Crippen LogP contribution in [0.15, 0.2) is 0 Å². The van der Waals surface area contributed by atoms with E-state index in [4.69, 9.17) is 5.11 Å². The number of carbonyl (C=O) groups is 2. The molecule has 14 heavy (non-hydrogen) atoms. The molecule has 0 aromatic carbocycles. The number of hydrogen-bond acceptors (Lipinski definition) is 3. The molecule has 0 aliphatic rings. The van der Waals surface area contributed by atoms with Crippen LogP contribution < -0.4 is 5.32 Å². The smallest absolute Gasteiger partial charge is 0.320 e. The fourth-order valence-electron chi connectivity index (χ4n) is 1.02. The first-order valence-corrected chi connectivity index (χ1v) is 4.76. The zero-order valence-electron chi connectivity index (χ0n) is 8.91. The van der Waals surface area contributed by atoms with Crippen molar-refractivity contribution >= 4 is 11.9 Å². The summed E-state index contributed by atoms with van der Waals surface area (Å²) in [5.74, 6) is -1.01. The zero-order valence-corrected chi connectivity index (χ0v) is 8.91. The van der Waals surface area contributed by atoms with Gasteiger partial charge in [0.2, 0.25) is 5.91 Å². The molecule has 0 aliphatic heterocycles. The minimum Gasteiger partial charge on any atom is -0.480 e. The molecule has 0 radical (unpaired) electrons. The van der Waals surface area contributed by atoms with Gasteiger partial charge in [-0.1, -0.05) is 0 Å². The quantitative estimate of drug-likeness (QED) is 0.632. The zero-order chi connectivity index (χ0) is 11.1. The van der Waals surface area contributed by atoms with Gasteiger partial charge in [-0.05, 0) is 20.8 Å². The Kier molecular flexibility index (Phi) is 5.87. The summed E-state index contributed by atoms with van der Waals surface area (Å²) < 4.78 is 0. The van der Waals surface area contributed by atoms with Crippen LogP contribution in [0.5, 0.6) is 0 Å². The molecule has 0 saturated carbocycles. The second-order valence-electron chi connectivity index (χ2n) is 3.01. The molecule has 0 heterocycles. The predicted molar refractivity (Wildman–Crippen MR) is 53.0 cm³/mol. The Morgan fingerprint density at radius 3 is 2.21 bits per heavy atom. The highest BCUT2D eigenvalue weighted by Crippen LogP contribution is 1.88. The first kappa shape index (κ1) is 12.9. The van der Waals surface area contributed by atoms with Crippen molar-refractivity contribution in [1.82, 2.24) is 10.2 Å². The van der Waals surface area contributed by atoms with E-state index in [9.17, 15) is 9.59 Å². The molecule has 5 nitrogen and oxygen atoms in total. The lowest BCUT2D eigenvalue weighted by Crippen LogP contribution is -2.43. The van der Waals surface area contributed by atoms with Crippen molar-refractivity contribution < 1.29 is 14.7 Å². The number of aliphatic carboxylic acids is 1. The summed E-state index contributed by atoms with van der Waals surface area (Å²) in [6.07, 6.45) is 0. The van der Waals surface area contributed by atoms with Gasteiger partial charge in [-0.25, -0.2) is 0 Å². The Hall–Kier alpha value is -1.10. The van der Waals surface area contributed by atoms with Gasteiger partial charge in [0.15, 0.2) is 0 Å². The summed E-state index contributed by atoms with van der Waals surface area (Å²) in [5.41, 5.74) is 0. The second-order valence-corrected chi connectivity index (χ2v) is 3.01. The molecule has 0 unspecified atom stereocenters. The molecule has 0 spiro atoms. The van der Waals surface area contributed by atoms with Gasteiger partial charge in [0.25, 0.3) is 0 Å². The van der Waals surface area contributed by atoms with E-state index in [1.54, 1.807) is 4.90 Å². The van der Waals surface area contributed by atoms with Crippen molar-refractivity contribution in [2.45, 2.75) is 26.8 Å². The monoisotopic (exact) mass is 202 g/mol. The lowest BCUT2D eigenvalue weighted by molar-refractivity contribution is -0.139. The normalized spacial score (nSPS) is 12.2. The molecule has 0 saturated heterocycles. The Labute approximate surface area is 84.1 Å². The maximum atomic E-state index is 11.4. The second kappa shape index (κ2) is 6.37. The van der Waals surface area contributed by atoms with E-state index >= 15 is 0 Å². The lowest BCUT2D eigenvalue weighted by atomic mass is 10.3. The minimum absolute atomic E-state index is 0.0666. The van der Waals surface area contributed by atoms with Crippen LogP contribution in [0.4, 0.5) is 0 Å². The third-order valence-corrected chi connectivity index (χ3v) is 2.05. The Morgan fingerprint density at radius 2 is 1.86 bits per heavy atom. The van der Waals surface area contributed by atoms with Crippen LogP contribution in [0.25, 0.3) is 0 Å². The highest BCUT2D eigenvalue weighted by atomic mass is 16.4. The summed E-state index contributed by atoms with van der Waals surface area (Å²) in [4.78, 5) is 23.5. The van der Waals surface area contributed by atoms with Gasteiger partial charge in [-0.2, -0.15) is 0 Å². The molecule has 0 fully saturated rings. The lowest BCUT2D eigenvalue weighted by Gasteiger charge is -2.19. The van der Waals surface area contributed by atoms with Gasteiger partial charge >= 0.3 is 5.97 Å². The Balaban J connectivity index is 3.89. The van der Waals surface area contributed by atoms with Crippen LogP contribution in [0.2, 0.25) is 0 Å². The number of amides is 1. The van der Waals surface area contributed by atoms with Crippen molar-refractivity contribution in [1.29, 1.82) is 0 Å². The number of rotatable bonds is 6. The van der Waals surface area contributed by atoms with Crippen molar-refractivity contribution in [3.05, 3.63) is 0 Å². The maximum absolute atomic E-state index is 11.4. The highest BCUT2D eigenvalue weighted by Gasteiger charge is 2.14. The Morgan fingerprint density at radius 1 is 1.36 bits per heavy atom. The SMILES string of the molecule is CCN(CC)C(=O)CN[C@@H](C)C(=O)O. The molecule has 0 bridgehead atoms. The fourth-order valence-corrected chi connectivity index (χ4v) is 1.02. The van der Waals surface area contributed by atoms with Gasteiger partial charge in [0.1, 0.15) is 6.04 Å². The number of carboxylic acid groups (broad SMARTS) is 1. The average molecular weight is 202 g/mol. The van der Waals surface area contributed by atoms with Crippen LogP contribution in [0.1, 0.15) is 20.8 Å². The number of nitrogens with zero attached hydrogens (tertiary/aromatic N) is 1. The van der Waals surface area contributed by atoms with E-state index < -0.39 is 12.0 Å². The third kappa shape index (κ3) is 4.23. The van der Waals surface area contributed by atoms with E-state index in [0.717, 1.165) is 0 Å². The van der Waals surface area contributed by atoms with Crippen LogP contribution in [-0.2, 0) is 9.59 Å². The Bertz CT molecular complexity index is 202. The molecule has 1 amide bonds. The first-order chi connectivity index (χ1) is 6.52. The number of hydrogen-bond donors (Lipinski definition) is 2. The summed E-state index contributed by atoms with van der Waals surface area (Å²) in [5, 5.41) is 11.2. The summed E-state index contributed by atoms with van der Waals surface area (Å²) in [6, 6.07) is -0.686. The van der Waals surface area contributed by atoms with Gasteiger partial charge in [0.05, 0.1) is 6.54 Å². The number of likely N-dealkylation sites (N-methyl/N-ethyl adjacent to an activating group) is 1. The maximum Gasteiger partial charge on any atom is 0.320 e. The van der Waals surface area contributed by atoms with Crippen LogP contribution in [-0.4, -0.2) is 47.6 Å². The molecular weight excluding hydrogens is 184 g/mol. The molecule has 0 aromatic heterocycles. The van der Waals surface area contributed by atoms with Crippen LogP contribution in [0, 0.1) is 0 Å². The average Bonchev–Trinajstić information content (AvgIpc) is 2.15. The topological polar surface area (TPSA) is 69.6 Å². The highest BCUT2D eigenvalue weighted by molar-refractivity contribution is 5.79. The standard InChI is InChI=1S/C9H18N2O3/c1-4-11(5-2)8(12)6-10-7(3)9(13)14/h7,10H,4-6H2,1-3H3,(H,13,14)/t7-/m0/s1. The van der Waals surface area contributed by atoms with Crippen molar-refractivity contribution in [2.24, 2.45) is 0 Å². The summed E-state index contributed by atoms with van der Waals surface area (Å²) in [7, 11) is 0. The number of nitrogens with one attached hydrogen (secondary N) is 1. The number of carbonyl (C=O) groups excluding carboxylic acids is 1. The number of carboxylic acids is 1. The van der Waals surface area contributed by atoms with Gasteiger partial charge in [-0.3, -0.25) is 14.9 Å². The molecule has 0 aliphatic carbocycles. The molecule has 0 aromatic rings. The van der Waals surface area contributed by atoms with Crippen LogP contribution >= 0.6 is 0 Å². The molecule has 2 N–H and O–H groups in total. The van der Waals surface area contributed by atoms with Crippen molar-refractivity contribution in [3.63, 3.8) is 0 Å². The molecule has 5 heteroatoms. The minimum atomic E-state index is -0.947. The van der Waals surface area contributed by atoms with Crippen molar-refractivity contribution in [2.75, 3.05) is 19.6 Å².